The molecule has 1 saturated heterocycles. The molecule has 0 unspecified atom stereocenters. The van der Waals surface area contributed by atoms with Gasteiger partial charge in [0.2, 0.25) is 0 Å². The summed E-state index contributed by atoms with van der Waals surface area (Å²) in [6.07, 6.45) is -10.8. The number of hydrogen-bond donors (Lipinski definition) is 2. The summed E-state index contributed by atoms with van der Waals surface area (Å²) in [5, 5.41) is 17.4. The highest BCUT2D eigenvalue weighted by molar-refractivity contribution is 6.70. The molecule has 3 aromatic rings. The fourth-order valence-corrected chi connectivity index (χ4v) is 16.1. The molecular formula is C58H75NO17Si. The summed E-state index contributed by atoms with van der Waals surface area (Å²) in [6, 6.07) is 23.8. The number of nitrogens with one attached hydrogen (secondary N) is 1. The zero-order chi connectivity index (χ0) is 56.6. The second kappa shape index (κ2) is 22.5. The SMILES string of the molecule is COC(=O)O[C@@]12CO[C@@H]1C[C@H](O[Si](OC)(C(C)C)C(C)C)[C@@]1(C)C(=O)[C@H](OC(C)=O)C3=C(C)[C@@H](OC(=O)[C@H](OC(C)(C)OC)[C@@H](NC(=O)c4ccccc4)c4ccccc4)C[C@@](O)([C@@H](OC(=O)c4ccccc4)[C@H]21)C3(C)C. The highest BCUT2D eigenvalue weighted by Gasteiger charge is 2.79. The van der Waals surface area contributed by atoms with Gasteiger partial charge in [0.25, 0.3) is 5.91 Å². The summed E-state index contributed by atoms with van der Waals surface area (Å²) in [5.74, 6) is -7.16. The monoisotopic (exact) mass is 1090 g/mol. The average molecular weight is 1090 g/mol. The Morgan fingerprint density at radius 2 is 1.39 bits per heavy atom. The highest BCUT2D eigenvalue weighted by atomic mass is 28.4. The summed E-state index contributed by atoms with van der Waals surface area (Å²) >= 11 is 0. The molecule has 18 nitrogen and oxygen atoms in total. The Bertz CT molecular complexity index is 2690. The van der Waals surface area contributed by atoms with Gasteiger partial charge in [0.15, 0.2) is 29.4 Å². The van der Waals surface area contributed by atoms with E-state index in [-0.39, 0.29) is 40.8 Å². The fraction of sp³-hybridized carbons (Fsp3) is 0.552. The largest absolute Gasteiger partial charge is 0.508 e. The van der Waals surface area contributed by atoms with Crippen LogP contribution in [0.15, 0.2) is 102 Å². The van der Waals surface area contributed by atoms with Gasteiger partial charge in [0.05, 0.1) is 42.8 Å². The molecule has 1 heterocycles. The topological polar surface area (TPSA) is 227 Å². The summed E-state index contributed by atoms with van der Waals surface area (Å²) < 4.78 is 63.3. The van der Waals surface area contributed by atoms with Gasteiger partial charge in [-0.1, -0.05) is 108 Å². The standard InChI is InChI=1S/C58H75NO17Si/c1-33(2)77(69-14,34(3)4)76-41-30-42-57(32-70-42,75-53(65)67-12)47-49(73-51(63)39-28-22-17-23-29-39)58(66)31-40(35(5)43(54(58,7)8)45(71-36(6)60)48(61)56(41,47)11)72-52(64)46(74-55(9,10)68-13)44(37-24-18-15-19-25-37)59-50(62)38-26-20-16-21-27-38/h15-29,33-34,40-42,44-47,49,66H,30-32H2,1-14H3,(H,59,62)/t40-,41-,42+,44-,45+,46+,47-,49-,56+,57-,58+/m0/s1. The number of fused-ring (bicyclic) bond motifs is 5. The van der Waals surface area contributed by atoms with Crippen molar-refractivity contribution in [2.75, 3.05) is 27.9 Å². The molecule has 3 aliphatic carbocycles. The van der Waals surface area contributed by atoms with E-state index in [1.165, 1.54) is 19.2 Å². The van der Waals surface area contributed by atoms with Gasteiger partial charge in [-0.3, -0.25) is 14.4 Å². The molecule has 0 spiro atoms. The molecule has 0 aromatic heterocycles. The minimum absolute atomic E-state index is 0.0491. The van der Waals surface area contributed by atoms with E-state index in [1.807, 2.05) is 27.7 Å². The van der Waals surface area contributed by atoms with Crippen molar-refractivity contribution in [3.63, 3.8) is 0 Å². The first-order chi connectivity index (χ1) is 36.2. The summed E-state index contributed by atoms with van der Waals surface area (Å²) in [6.45, 7) is 18.2. The second-order valence-corrected chi connectivity index (χ2v) is 26.7. The zero-order valence-electron chi connectivity index (χ0n) is 46.5. The van der Waals surface area contributed by atoms with Gasteiger partial charge in [-0.25, -0.2) is 14.4 Å². The normalized spacial score (nSPS) is 28.6. The van der Waals surface area contributed by atoms with Crippen molar-refractivity contribution in [3.05, 3.63) is 119 Å². The maximum atomic E-state index is 16.7. The van der Waals surface area contributed by atoms with E-state index in [4.69, 9.17) is 46.7 Å². The minimum Gasteiger partial charge on any atom is -0.456 e. The molecule has 1 amide bonds. The van der Waals surface area contributed by atoms with Crippen molar-refractivity contribution in [1.82, 2.24) is 5.32 Å². The quantitative estimate of drug-likeness (QED) is 0.0401. The van der Waals surface area contributed by atoms with Gasteiger partial charge >= 0.3 is 32.6 Å². The van der Waals surface area contributed by atoms with Gasteiger partial charge in [-0.15, -0.1) is 0 Å². The third-order valence-corrected chi connectivity index (χ3v) is 21.2. The lowest BCUT2D eigenvalue weighted by Gasteiger charge is -2.68. The predicted octanol–water partition coefficient (Wildman–Crippen LogP) is 8.30. The molecule has 2 saturated carbocycles. The molecule has 1 aliphatic heterocycles. The number of amides is 1. The van der Waals surface area contributed by atoms with Gasteiger partial charge in [-0.2, -0.15) is 0 Å². The third kappa shape index (κ3) is 10.6. The van der Waals surface area contributed by atoms with E-state index in [0.29, 0.717) is 11.1 Å². The molecule has 3 fully saturated rings. The van der Waals surface area contributed by atoms with E-state index in [9.17, 15) is 24.3 Å². The first-order valence-corrected chi connectivity index (χ1v) is 28.0. The Morgan fingerprint density at radius 3 is 1.90 bits per heavy atom. The number of carbonyl (C=O) groups excluding carboxylic acids is 6. The molecule has 2 N–H and O–H groups in total. The van der Waals surface area contributed by atoms with Crippen LogP contribution in [0.25, 0.3) is 0 Å². The number of rotatable bonds is 18. The predicted molar refractivity (Wildman–Crippen MR) is 281 cm³/mol. The van der Waals surface area contributed by atoms with Crippen molar-refractivity contribution in [2.24, 2.45) is 16.7 Å². The lowest BCUT2D eigenvalue weighted by molar-refractivity contribution is -0.343. The van der Waals surface area contributed by atoms with Crippen LogP contribution < -0.4 is 5.32 Å². The van der Waals surface area contributed by atoms with Crippen molar-refractivity contribution < 1.29 is 80.6 Å². The van der Waals surface area contributed by atoms with Crippen LogP contribution in [0.3, 0.4) is 0 Å². The Balaban J connectivity index is 1.50. The Hall–Kier alpha value is -5.80. The fourth-order valence-electron chi connectivity index (χ4n) is 12.4. The van der Waals surface area contributed by atoms with Gasteiger partial charge < -0.3 is 57.2 Å². The van der Waals surface area contributed by atoms with Crippen LogP contribution in [0.2, 0.25) is 11.1 Å². The van der Waals surface area contributed by atoms with Crippen LogP contribution in [-0.2, 0) is 61.1 Å². The summed E-state index contributed by atoms with van der Waals surface area (Å²) in [7, 11) is 0.672. The molecule has 418 valence electrons. The van der Waals surface area contributed by atoms with Crippen LogP contribution in [0.4, 0.5) is 4.79 Å². The smallest absolute Gasteiger partial charge is 0.456 e. The molecule has 77 heavy (non-hydrogen) atoms. The number of hydrogen-bond acceptors (Lipinski definition) is 17. The molecule has 3 aromatic carbocycles. The average Bonchev–Trinajstić information content (AvgIpc) is 3.59. The van der Waals surface area contributed by atoms with Crippen LogP contribution in [-0.4, -0.2) is 131 Å². The molecule has 7 rings (SSSR count). The summed E-state index contributed by atoms with van der Waals surface area (Å²) in [5.41, 5.74) is -7.34. The van der Waals surface area contributed by atoms with E-state index in [2.05, 4.69) is 5.32 Å². The number of carbonyl (C=O) groups is 6. The molecule has 19 heteroatoms. The van der Waals surface area contributed by atoms with Crippen LogP contribution >= 0.6 is 0 Å². The third-order valence-electron chi connectivity index (χ3n) is 16.7. The minimum atomic E-state index is -3.39. The van der Waals surface area contributed by atoms with E-state index in [0.717, 1.165) is 14.0 Å². The van der Waals surface area contributed by atoms with Gasteiger partial charge in [0, 0.05) is 45.0 Å². The maximum absolute atomic E-state index is 16.7. The Kier molecular flexibility index (Phi) is 17.2. The number of ether oxygens (including phenoxy) is 8. The Morgan fingerprint density at radius 1 is 0.818 bits per heavy atom. The number of ketones is 1. The first kappa shape index (κ1) is 58.9. The van der Waals surface area contributed by atoms with Gasteiger partial charge in [0.1, 0.15) is 23.9 Å². The van der Waals surface area contributed by atoms with Gasteiger partial charge in [-0.05, 0) is 79.8 Å². The lowest BCUT2D eigenvalue weighted by Crippen LogP contribution is -2.82. The lowest BCUT2D eigenvalue weighted by atomic mass is 9.44. The van der Waals surface area contributed by atoms with Crippen molar-refractivity contribution in [3.8, 4) is 0 Å². The van der Waals surface area contributed by atoms with E-state index >= 15 is 9.59 Å². The maximum Gasteiger partial charge on any atom is 0.508 e. The number of benzene rings is 3. The van der Waals surface area contributed by atoms with E-state index in [1.54, 1.807) is 128 Å². The number of methoxy groups -OCH3 is 2. The molecule has 2 bridgehead atoms. The van der Waals surface area contributed by atoms with E-state index < -0.39 is 127 Å². The van der Waals surface area contributed by atoms with Crippen LogP contribution in [0, 0.1) is 16.7 Å². The van der Waals surface area contributed by atoms with Crippen molar-refractivity contribution >= 4 is 44.3 Å². The molecule has 4 aliphatic rings. The molecular weight excluding hydrogens is 1010 g/mol. The zero-order valence-corrected chi connectivity index (χ0v) is 47.5. The van der Waals surface area contributed by atoms with Crippen LogP contribution in [0.5, 0.6) is 0 Å². The number of Topliss-reactive ketones (excluding diaryl/α,β-unsaturated/α-hetero) is 1. The van der Waals surface area contributed by atoms with Crippen LogP contribution in [0.1, 0.15) is 121 Å². The van der Waals surface area contributed by atoms with Crippen molar-refractivity contribution in [2.45, 2.75) is 160 Å². The number of aliphatic hydroxyl groups is 1. The first-order valence-electron chi connectivity index (χ1n) is 26.1. The van der Waals surface area contributed by atoms with Crippen molar-refractivity contribution in [1.29, 1.82) is 0 Å². The summed E-state index contributed by atoms with van der Waals surface area (Å²) in [4.78, 5) is 88.5. The number of esters is 3. The highest BCUT2D eigenvalue weighted by Crippen LogP contribution is 2.65. The molecule has 11 atom stereocenters. The molecule has 0 radical (unpaired) electrons. The second-order valence-electron chi connectivity index (χ2n) is 22.3. The Labute approximate surface area is 452 Å².